The number of piperazine rings is 1. The maximum absolute atomic E-state index is 13.5. The number of carboxylic acid groups (broad SMARTS) is 1. The van der Waals surface area contributed by atoms with Gasteiger partial charge in [0.1, 0.15) is 12.6 Å². The smallest absolute Gasteiger partial charge is 0.323 e. The van der Waals surface area contributed by atoms with Crippen LogP contribution in [0, 0.1) is 12.3 Å². The van der Waals surface area contributed by atoms with Gasteiger partial charge in [-0.3, -0.25) is 9.59 Å². The molecule has 2 atom stereocenters. The van der Waals surface area contributed by atoms with Crippen LogP contribution in [0.1, 0.15) is 17.5 Å². The molecule has 3 rings (SSSR count). The topological polar surface area (TPSA) is 168 Å². The molecule has 1 unspecified atom stereocenters. The molecular weight excluding hydrogens is 534 g/mol. The van der Waals surface area contributed by atoms with E-state index in [1.165, 1.54) is 19.2 Å². The lowest BCUT2D eigenvalue weighted by molar-refractivity contribution is -0.150. The van der Waals surface area contributed by atoms with Crippen LogP contribution in [0.2, 0.25) is 0 Å². The van der Waals surface area contributed by atoms with Gasteiger partial charge in [-0.05, 0) is 30.8 Å². The molecule has 0 saturated carbocycles. The number of hydrogen-bond acceptors (Lipinski definition) is 8. The molecule has 2 aromatic rings. The summed E-state index contributed by atoms with van der Waals surface area (Å²) >= 11 is 0. The van der Waals surface area contributed by atoms with Gasteiger partial charge in [0.05, 0.1) is 16.7 Å². The number of hydrazine groups is 1. The molecule has 1 aliphatic heterocycles. The highest BCUT2D eigenvalue weighted by Crippen LogP contribution is 2.25. The van der Waals surface area contributed by atoms with Gasteiger partial charge in [-0.25, -0.2) is 21.8 Å². The first-order valence-electron chi connectivity index (χ1n) is 11.7. The van der Waals surface area contributed by atoms with Crippen molar-refractivity contribution in [2.75, 3.05) is 26.7 Å². The van der Waals surface area contributed by atoms with Crippen molar-refractivity contribution in [3.8, 4) is 0 Å². The van der Waals surface area contributed by atoms with E-state index in [-0.39, 0.29) is 24.4 Å². The number of benzene rings is 2. The van der Waals surface area contributed by atoms with Gasteiger partial charge in [-0.2, -0.15) is 4.31 Å². The molecule has 1 amide bonds. The highest BCUT2D eigenvalue weighted by Gasteiger charge is 2.47. The Morgan fingerprint density at radius 2 is 1.76 bits per heavy atom. The Balaban J connectivity index is 1.99. The van der Waals surface area contributed by atoms with E-state index in [0.717, 1.165) is 26.0 Å². The molecule has 0 aromatic heterocycles. The van der Waals surface area contributed by atoms with E-state index in [1.54, 1.807) is 49.4 Å². The van der Waals surface area contributed by atoms with Gasteiger partial charge in [0.15, 0.2) is 0 Å². The van der Waals surface area contributed by atoms with Crippen molar-refractivity contribution in [1.29, 1.82) is 5.41 Å². The molecule has 1 heterocycles. The predicted molar refractivity (Wildman–Crippen MR) is 140 cm³/mol. The van der Waals surface area contributed by atoms with Gasteiger partial charge in [0.25, 0.3) is 10.0 Å². The van der Waals surface area contributed by atoms with Crippen LogP contribution in [0.15, 0.2) is 59.5 Å². The van der Waals surface area contributed by atoms with E-state index in [9.17, 15) is 31.5 Å². The molecule has 1 aliphatic rings. The summed E-state index contributed by atoms with van der Waals surface area (Å²) in [5.41, 5.74) is 1.34. The first-order chi connectivity index (χ1) is 17.9. The number of rotatable bonds is 12. The van der Waals surface area contributed by atoms with Crippen molar-refractivity contribution in [2.45, 2.75) is 36.1 Å². The first-order valence-corrected chi connectivity index (χ1v) is 14.8. The zero-order valence-corrected chi connectivity index (χ0v) is 22.7. The Kier molecular flexibility index (Phi) is 9.38. The molecule has 0 spiro atoms. The lowest BCUT2D eigenvalue weighted by atomic mass is 10.0. The minimum Gasteiger partial charge on any atom is -0.480 e. The number of sulfonamides is 2. The fraction of sp³-hybridized carbons (Fsp3) is 0.375. The first kappa shape index (κ1) is 29.4. The maximum Gasteiger partial charge on any atom is 0.323 e. The van der Waals surface area contributed by atoms with Gasteiger partial charge in [-0.1, -0.05) is 48.0 Å². The van der Waals surface area contributed by atoms with Crippen LogP contribution < -0.4 is 4.83 Å². The van der Waals surface area contributed by atoms with Crippen LogP contribution in [0.4, 0.5) is 0 Å². The zero-order valence-electron chi connectivity index (χ0n) is 21.0. The number of hydrogen-bond donors (Lipinski definition) is 3. The van der Waals surface area contributed by atoms with Gasteiger partial charge in [0.2, 0.25) is 15.9 Å². The van der Waals surface area contributed by atoms with Crippen molar-refractivity contribution in [3.63, 3.8) is 0 Å². The second kappa shape index (κ2) is 12.1. The van der Waals surface area contributed by atoms with Crippen LogP contribution in [-0.4, -0.2) is 93.0 Å². The van der Waals surface area contributed by atoms with E-state index in [0.29, 0.717) is 5.56 Å². The summed E-state index contributed by atoms with van der Waals surface area (Å²) in [5.74, 6) is -2.47. The second-order valence-electron chi connectivity index (χ2n) is 8.98. The number of aryl methyl sites for hydroxylation is 1. The molecule has 38 heavy (non-hydrogen) atoms. The highest BCUT2D eigenvalue weighted by atomic mass is 32.2. The van der Waals surface area contributed by atoms with E-state index in [2.05, 4.69) is 4.83 Å². The minimum atomic E-state index is -4.12. The van der Waals surface area contributed by atoms with E-state index >= 15 is 0 Å². The number of amides is 1. The SMILES string of the molecule is Cc1ccc(S(=O)(=O)NN(C)C(CC=N)[C@H]2C(=O)N(CC(=O)O)CCN2S(=O)(=O)Cc2ccccc2)cc1. The molecule has 2 aromatic carbocycles. The summed E-state index contributed by atoms with van der Waals surface area (Å²) in [7, 11) is -6.89. The Morgan fingerprint density at radius 3 is 2.34 bits per heavy atom. The summed E-state index contributed by atoms with van der Waals surface area (Å²) in [6.45, 7) is 0.827. The fourth-order valence-electron chi connectivity index (χ4n) is 4.28. The predicted octanol–water partition coefficient (Wildman–Crippen LogP) is 0.656. The molecule has 14 heteroatoms. The number of aliphatic carboxylic acids is 1. The Bertz CT molecular complexity index is 1370. The van der Waals surface area contributed by atoms with Crippen molar-refractivity contribution in [3.05, 3.63) is 65.7 Å². The standard InChI is InChI=1S/C24H31N5O7S2/c1-18-8-10-20(11-9-18)38(35,36)26-27(2)21(12-13-25)23-24(32)28(16-22(30)31)14-15-29(23)37(33,34)17-19-6-4-3-5-7-19/h3-11,13,21,23,25-26H,12,14-17H2,1-2H3,(H,30,31)/t21?,23-/m0/s1. The molecule has 0 radical (unpaired) electrons. The van der Waals surface area contributed by atoms with Crippen LogP contribution in [0.5, 0.6) is 0 Å². The highest BCUT2D eigenvalue weighted by molar-refractivity contribution is 7.89. The summed E-state index contributed by atoms with van der Waals surface area (Å²) in [4.78, 5) is 28.3. The Morgan fingerprint density at radius 1 is 1.13 bits per heavy atom. The molecule has 0 aliphatic carbocycles. The second-order valence-corrected chi connectivity index (χ2v) is 12.6. The van der Waals surface area contributed by atoms with E-state index < -0.39 is 56.3 Å². The maximum atomic E-state index is 13.5. The average Bonchev–Trinajstić information content (AvgIpc) is 2.84. The van der Waals surface area contributed by atoms with Crippen molar-refractivity contribution < 1.29 is 31.5 Å². The number of carbonyl (C=O) groups excluding carboxylic acids is 1. The van der Waals surface area contributed by atoms with Crippen LogP contribution >= 0.6 is 0 Å². The normalized spacial score (nSPS) is 17.9. The summed E-state index contributed by atoms with van der Waals surface area (Å²) in [5, 5.41) is 18.0. The summed E-state index contributed by atoms with van der Waals surface area (Å²) < 4.78 is 54.1. The van der Waals surface area contributed by atoms with Gasteiger partial charge in [0, 0.05) is 26.6 Å². The van der Waals surface area contributed by atoms with Crippen LogP contribution in [0.3, 0.4) is 0 Å². The lowest BCUT2D eigenvalue weighted by Gasteiger charge is -2.44. The fourth-order valence-corrected chi connectivity index (χ4v) is 7.11. The quantitative estimate of drug-likeness (QED) is 0.249. The molecule has 206 valence electrons. The van der Waals surface area contributed by atoms with Gasteiger partial charge >= 0.3 is 5.97 Å². The zero-order chi connectivity index (χ0) is 28.1. The van der Waals surface area contributed by atoms with Gasteiger partial charge in [-0.15, -0.1) is 4.83 Å². The Hall–Kier alpha value is -3.17. The number of nitrogens with one attached hydrogen (secondary N) is 2. The van der Waals surface area contributed by atoms with Crippen molar-refractivity contribution >= 4 is 38.1 Å². The van der Waals surface area contributed by atoms with E-state index in [1.807, 2.05) is 0 Å². The number of carboxylic acids is 1. The molecular formula is C24H31N5O7S2. The molecule has 1 saturated heterocycles. The third kappa shape index (κ3) is 7.02. The van der Waals surface area contributed by atoms with Gasteiger partial charge < -0.3 is 15.4 Å². The minimum absolute atomic E-state index is 0.0421. The lowest BCUT2D eigenvalue weighted by Crippen LogP contribution is -2.67. The summed E-state index contributed by atoms with van der Waals surface area (Å²) in [6, 6.07) is 11.8. The Labute approximate surface area is 222 Å². The number of likely N-dealkylation sites (N-methyl/N-ethyl adjacent to an activating group) is 1. The third-order valence-electron chi connectivity index (χ3n) is 6.16. The monoisotopic (exact) mass is 565 g/mol. The number of carbonyl (C=O) groups is 2. The largest absolute Gasteiger partial charge is 0.480 e. The van der Waals surface area contributed by atoms with Crippen molar-refractivity contribution in [2.24, 2.45) is 0 Å². The molecule has 0 bridgehead atoms. The molecule has 12 nitrogen and oxygen atoms in total. The van der Waals surface area contributed by atoms with Crippen molar-refractivity contribution in [1.82, 2.24) is 19.0 Å². The average molecular weight is 566 g/mol. The van der Waals surface area contributed by atoms with Crippen LogP contribution in [0.25, 0.3) is 0 Å². The van der Waals surface area contributed by atoms with E-state index in [4.69, 9.17) is 5.41 Å². The number of nitrogens with zero attached hydrogens (tertiary/aromatic N) is 3. The summed E-state index contributed by atoms with van der Waals surface area (Å²) in [6.07, 6.45) is 0.758. The molecule has 3 N–H and O–H groups in total. The third-order valence-corrected chi connectivity index (χ3v) is 9.40. The molecule has 1 fully saturated rings. The van der Waals surface area contributed by atoms with Crippen LogP contribution in [-0.2, 0) is 35.4 Å².